The van der Waals surface area contributed by atoms with E-state index < -0.39 is 0 Å². The molecule has 1 aliphatic rings. The molecule has 0 aliphatic heterocycles. The van der Waals surface area contributed by atoms with Gasteiger partial charge in [-0.1, -0.05) is 28.9 Å². The molecule has 2 heteroatoms. The van der Waals surface area contributed by atoms with Crippen molar-refractivity contribution in [3.63, 3.8) is 0 Å². The quantitative estimate of drug-likeness (QED) is 0.497. The SMILES string of the molecule is C=CO[C@@H]1CCCC[C@H]1Br. The normalized spacial score (nSPS) is 33.3. The molecule has 2 atom stereocenters. The fourth-order valence-electron chi connectivity index (χ4n) is 1.33. The Kier molecular flexibility index (Phi) is 3.26. The summed E-state index contributed by atoms with van der Waals surface area (Å²) in [5.41, 5.74) is 0. The van der Waals surface area contributed by atoms with Crippen LogP contribution in [0.2, 0.25) is 0 Å². The molecule has 1 aliphatic carbocycles. The number of hydrogen-bond donors (Lipinski definition) is 0. The van der Waals surface area contributed by atoms with Crippen molar-refractivity contribution in [3.05, 3.63) is 12.8 Å². The average Bonchev–Trinajstić information content (AvgIpc) is 1.94. The molecule has 0 aromatic carbocycles. The van der Waals surface area contributed by atoms with E-state index in [1.165, 1.54) is 25.7 Å². The van der Waals surface area contributed by atoms with Crippen LogP contribution in [-0.2, 0) is 4.74 Å². The molecule has 1 rings (SSSR count). The number of halogens is 1. The topological polar surface area (TPSA) is 9.23 Å². The maximum Gasteiger partial charge on any atom is 0.110 e. The molecule has 0 bridgehead atoms. The summed E-state index contributed by atoms with van der Waals surface area (Å²) in [5, 5.41) is 0. The summed E-state index contributed by atoms with van der Waals surface area (Å²) in [6, 6.07) is 0. The zero-order chi connectivity index (χ0) is 7.40. The second kappa shape index (κ2) is 4.02. The van der Waals surface area contributed by atoms with Crippen LogP contribution in [0.3, 0.4) is 0 Å². The van der Waals surface area contributed by atoms with Gasteiger partial charge < -0.3 is 4.74 Å². The van der Waals surface area contributed by atoms with Gasteiger partial charge in [0.1, 0.15) is 6.10 Å². The highest BCUT2D eigenvalue weighted by Gasteiger charge is 2.22. The zero-order valence-corrected chi connectivity index (χ0v) is 7.64. The average molecular weight is 205 g/mol. The van der Waals surface area contributed by atoms with Gasteiger partial charge in [-0.2, -0.15) is 0 Å². The van der Waals surface area contributed by atoms with Gasteiger partial charge in [-0.3, -0.25) is 0 Å². The van der Waals surface area contributed by atoms with E-state index in [-0.39, 0.29) is 0 Å². The first-order chi connectivity index (χ1) is 4.84. The Morgan fingerprint density at radius 3 is 2.70 bits per heavy atom. The first-order valence-electron chi connectivity index (χ1n) is 3.75. The van der Waals surface area contributed by atoms with Gasteiger partial charge in [0, 0.05) is 0 Å². The van der Waals surface area contributed by atoms with E-state index in [1.807, 2.05) is 0 Å². The largest absolute Gasteiger partial charge is 0.497 e. The Hall–Kier alpha value is 0.0200. The molecule has 1 fully saturated rings. The van der Waals surface area contributed by atoms with Crippen LogP contribution >= 0.6 is 15.9 Å². The summed E-state index contributed by atoms with van der Waals surface area (Å²) >= 11 is 3.58. The van der Waals surface area contributed by atoms with Crippen LogP contribution in [0, 0.1) is 0 Å². The maximum atomic E-state index is 5.31. The van der Waals surface area contributed by atoms with Gasteiger partial charge in [0.05, 0.1) is 11.1 Å². The molecule has 0 spiro atoms. The Balaban J connectivity index is 2.32. The molecule has 10 heavy (non-hydrogen) atoms. The number of ether oxygens (including phenoxy) is 1. The number of hydrogen-bond acceptors (Lipinski definition) is 1. The van der Waals surface area contributed by atoms with Crippen molar-refractivity contribution >= 4 is 15.9 Å². The van der Waals surface area contributed by atoms with Gasteiger partial charge >= 0.3 is 0 Å². The highest BCUT2D eigenvalue weighted by atomic mass is 79.9. The molecule has 0 heterocycles. The molecule has 0 radical (unpaired) electrons. The Morgan fingerprint density at radius 2 is 2.10 bits per heavy atom. The Labute approximate surface area is 70.6 Å². The molecule has 0 saturated heterocycles. The minimum absolute atomic E-state index is 0.367. The lowest BCUT2D eigenvalue weighted by Gasteiger charge is -2.26. The number of rotatable bonds is 2. The van der Waals surface area contributed by atoms with E-state index in [0.717, 1.165) is 0 Å². The molecule has 0 N–H and O–H groups in total. The maximum absolute atomic E-state index is 5.31. The molecule has 0 amide bonds. The number of alkyl halides is 1. The zero-order valence-electron chi connectivity index (χ0n) is 6.05. The molecule has 0 unspecified atom stereocenters. The first-order valence-corrected chi connectivity index (χ1v) is 4.66. The van der Waals surface area contributed by atoms with E-state index in [9.17, 15) is 0 Å². The summed E-state index contributed by atoms with van der Waals surface area (Å²) in [6.45, 7) is 3.55. The van der Waals surface area contributed by atoms with Crippen molar-refractivity contribution in [3.8, 4) is 0 Å². The predicted molar refractivity (Wildman–Crippen MR) is 46.3 cm³/mol. The van der Waals surface area contributed by atoms with Gasteiger partial charge in [0.2, 0.25) is 0 Å². The lowest BCUT2D eigenvalue weighted by Crippen LogP contribution is -2.25. The van der Waals surface area contributed by atoms with Crippen molar-refractivity contribution < 1.29 is 4.74 Å². The van der Waals surface area contributed by atoms with Crippen molar-refractivity contribution in [1.29, 1.82) is 0 Å². The van der Waals surface area contributed by atoms with E-state index in [0.29, 0.717) is 10.9 Å². The molecule has 1 saturated carbocycles. The van der Waals surface area contributed by atoms with E-state index >= 15 is 0 Å². The second-order valence-electron chi connectivity index (χ2n) is 2.64. The van der Waals surface area contributed by atoms with Crippen molar-refractivity contribution in [2.45, 2.75) is 36.6 Å². The van der Waals surface area contributed by atoms with Crippen molar-refractivity contribution in [1.82, 2.24) is 0 Å². The Morgan fingerprint density at radius 1 is 1.40 bits per heavy atom. The third kappa shape index (κ3) is 2.01. The van der Waals surface area contributed by atoms with Gasteiger partial charge in [-0.05, 0) is 19.3 Å². The third-order valence-corrected chi connectivity index (χ3v) is 2.94. The van der Waals surface area contributed by atoms with E-state index in [1.54, 1.807) is 6.26 Å². The van der Waals surface area contributed by atoms with Crippen molar-refractivity contribution in [2.75, 3.05) is 0 Å². The van der Waals surface area contributed by atoms with Gasteiger partial charge in [0.15, 0.2) is 0 Å². The molecular weight excluding hydrogens is 192 g/mol. The standard InChI is InChI=1S/C8H13BrO/c1-2-10-8-6-4-3-5-7(8)9/h2,7-8H,1,3-6H2/t7-,8-/m1/s1. The van der Waals surface area contributed by atoms with E-state index in [4.69, 9.17) is 4.74 Å². The molecule has 0 aromatic rings. The summed E-state index contributed by atoms with van der Waals surface area (Å²) in [5.74, 6) is 0. The van der Waals surface area contributed by atoms with Gasteiger partial charge in [-0.15, -0.1) is 0 Å². The van der Waals surface area contributed by atoms with Gasteiger partial charge in [0.25, 0.3) is 0 Å². The monoisotopic (exact) mass is 204 g/mol. The minimum atomic E-state index is 0.367. The fourth-order valence-corrected chi connectivity index (χ4v) is 2.04. The van der Waals surface area contributed by atoms with Crippen LogP contribution in [0.1, 0.15) is 25.7 Å². The first kappa shape index (κ1) is 8.12. The van der Waals surface area contributed by atoms with Gasteiger partial charge in [-0.25, -0.2) is 0 Å². The van der Waals surface area contributed by atoms with Crippen LogP contribution in [0.5, 0.6) is 0 Å². The lowest BCUT2D eigenvalue weighted by atomic mass is 9.98. The summed E-state index contributed by atoms with van der Waals surface area (Å²) < 4.78 is 5.31. The van der Waals surface area contributed by atoms with E-state index in [2.05, 4.69) is 22.5 Å². The summed E-state index contributed by atoms with van der Waals surface area (Å²) in [6.07, 6.45) is 6.93. The Bertz CT molecular complexity index is 114. The van der Waals surface area contributed by atoms with Crippen LogP contribution in [0.15, 0.2) is 12.8 Å². The second-order valence-corrected chi connectivity index (χ2v) is 3.82. The third-order valence-electron chi connectivity index (χ3n) is 1.89. The summed E-state index contributed by atoms with van der Waals surface area (Å²) in [4.78, 5) is 0.541. The highest BCUT2D eigenvalue weighted by molar-refractivity contribution is 9.09. The lowest BCUT2D eigenvalue weighted by molar-refractivity contribution is 0.115. The van der Waals surface area contributed by atoms with Crippen LogP contribution in [0.4, 0.5) is 0 Å². The van der Waals surface area contributed by atoms with Crippen LogP contribution in [0.25, 0.3) is 0 Å². The van der Waals surface area contributed by atoms with Crippen LogP contribution < -0.4 is 0 Å². The molecule has 0 aromatic heterocycles. The molecule has 1 nitrogen and oxygen atoms in total. The predicted octanol–water partition coefficient (Wildman–Crippen LogP) is 2.85. The molecule has 58 valence electrons. The van der Waals surface area contributed by atoms with Crippen LogP contribution in [-0.4, -0.2) is 10.9 Å². The fraction of sp³-hybridized carbons (Fsp3) is 0.750. The minimum Gasteiger partial charge on any atom is -0.497 e. The van der Waals surface area contributed by atoms with Crippen molar-refractivity contribution in [2.24, 2.45) is 0 Å². The smallest absolute Gasteiger partial charge is 0.110 e. The summed E-state index contributed by atoms with van der Waals surface area (Å²) in [7, 11) is 0. The molecular formula is C8H13BrO. The highest BCUT2D eigenvalue weighted by Crippen LogP contribution is 2.26.